The maximum atomic E-state index is 12.0. The number of aldehydes is 1. The van der Waals surface area contributed by atoms with Gasteiger partial charge in [-0.2, -0.15) is 0 Å². The van der Waals surface area contributed by atoms with Gasteiger partial charge in [-0.25, -0.2) is 0 Å². The molecule has 18 heavy (non-hydrogen) atoms. The van der Waals surface area contributed by atoms with Crippen LogP contribution in [0.3, 0.4) is 0 Å². The van der Waals surface area contributed by atoms with Gasteiger partial charge in [0.2, 0.25) is 0 Å². The number of hydrogen-bond donors (Lipinski definition) is 0. The van der Waals surface area contributed by atoms with Gasteiger partial charge in [-0.3, -0.25) is 9.59 Å². The summed E-state index contributed by atoms with van der Waals surface area (Å²) >= 11 is 0. The third-order valence-electron chi connectivity index (χ3n) is 3.72. The van der Waals surface area contributed by atoms with Gasteiger partial charge in [0.05, 0.1) is 18.6 Å². The van der Waals surface area contributed by atoms with Crippen LogP contribution in [0.15, 0.2) is 0 Å². The number of ether oxygens (including phenoxy) is 2. The van der Waals surface area contributed by atoms with Crippen LogP contribution < -0.4 is 0 Å². The van der Waals surface area contributed by atoms with Gasteiger partial charge < -0.3 is 14.3 Å². The van der Waals surface area contributed by atoms with Gasteiger partial charge in [-0.15, -0.1) is 0 Å². The fraction of sp³-hybridized carbons (Fsp3) is 0.769. The Hall–Kier alpha value is -1.39. The number of carbonyl (C=O) groups is 3. The monoisotopic (exact) mass is 256 g/mol. The Morgan fingerprint density at radius 2 is 1.61 bits per heavy atom. The van der Waals surface area contributed by atoms with Crippen molar-refractivity contribution in [3.63, 3.8) is 0 Å². The highest BCUT2D eigenvalue weighted by Crippen LogP contribution is 2.67. The van der Waals surface area contributed by atoms with Crippen molar-refractivity contribution in [2.24, 2.45) is 16.7 Å². The molecule has 0 unspecified atom stereocenters. The standard InChI is InChI=1S/C13H20O5/c1-5-17-10(15)13(11(16)18-6-2)7-12(13,8-14)9(3)4/h8-9H,5-7H2,1-4H3/t12-/m0/s1. The highest BCUT2D eigenvalue weighted by Gasteiger charge is 2.79. The first-order chi connectivity index (χ1) is 8.42. The summed E-state index contributed by atoms with van der Waals surface area (Å²) in [7, 11) is 0. The molecular formula is C13H20O5. The fourth-order valence-electron chi connectivity index (χ4n) is 2.49. The lowest BCUT2D eigenvalue weighted by Crippen LogP contribution is -2.38. The molecule has 0 aromatic rings. The van der Waals surface area contributed by atoms with Crippen molar-refractivity contribution in [3.8, 4) is 0 Å². The molecule has 0 radical (unpaired) electrons. The Balaban J connectivity index is 3.11. The molecule has 0 amide bonds. The molecule has 0 aromatic heterocycles. The molecule has 0 spiro atoms. The van der Waals surface area contributed by atoms with Crippen LogP contribution in [0.5, 0.6) is 0 Å². The summed E-state index contributed by atoms with van der Waals surface area (Å²) in [5, 5.41) is 0. The predicted octanol–water partition coefficient (Wildman–Crippen LogP) is 1.34. The van der Waals surface area contributed by atoms with Gasteiger partial charge in [0.15, 0.2) is 5.41 Å². The molecule has 1 fully saturated rings. The molecule has 0 aromatic carbocycles. The number of hydrogen-bond acceptors (Lipinski definition) is 5. The number of esters is 2. The van der Waals surface area contributed by atoms with E-state index >= 15 is 0 Å². The Morgan fingerprint density at radius 1 is 1.17 bits per heavy atom. The van der Waals surface area contributed by atoms with Gasteiger partial charge >= 0.3 is 11.9 Å². The zero-order chi connectivity index (χ0) is 14.0. The lowest BCUT2D eigenvalue weighted by molar-refractivity contribution is -0.167. The summed E-state index contributed by atoms with van der Waals surface area (Å²) in [5.74, 6) is -1.42. The average Bonchev–Trinajstić information content (AvgIpc) is 3.01. The minimum absolute atomic E-state index is 0.121. The molecule has 0 bridgehead atoms. The van der Waals surface area contributed by atoms with Crippen molar-refractivity contribution in [1.29, 1.82) is 0 Å². The molecule has 1 atom stereocenters. The van der Waals surface area contributed by atoms with Crippen molar-refractivity contribution in [3.05, 3.63) is 0 Å². The molecular weight excluding hydrogens is 236 g/mol. The quantitative estimate of drug-likeness (QED) is 0.407. The summed E-state index contributed by atoms with van der Waals surface area (Å²) in [6.45, 7) is 7.30. The third-order valence-corrected chi connectivity index (χ3v) is 3.72. The summed E-state index contributed by atoms with van der Waals surface area (Å²) in [6.07, 6.45) is 0.879. The second kappa shape index (κ2) is 5.08. The average molecular weight is 256 g/mol. The van der Waals surface area contributed by atoms with Crippen molar-refractivity contribution in [1.82, 2.24) is 0 Å². The van der Waals surface area contributed by atoms with Gasteiger partial charge in [0, 0.05) is 0 Å². The van der Waals surface area contributed by atoms with Crippen LogP contribution in [0.25, 0.3) is 0 Å². The fourth-order valence-corrected chi connectivity index (χ4v) is 2.49. The first kappa shape index (κ1) is 14.7. The van der Waals surface area contributed by atoms with Crippen LogP contribution >= 0.6 is 0 Å². The van der Waals surface area contributed by atoms with Crippen LogP contribution in [0.4, 0.5) is 0 Å². The Morgan fingerprint density at radius 3 is 1.83 bits per heavy atom. The molecule has 5 nitrogen and oxygen atoms in total. The van der Waals surface area contributed by atoms with Gasteiger partial charge in [0.25, 0.3) is 0 Å². The van der Waals surface area contributed by atoms with Crippen molar-refractivity contribution >= 4 is 18.2 Å². The first-order valence-electron chi connectivity index (χ1n) is 6.23. The highest BCUT2D eigenvalue weighted by atomic mass is 16.6. The van der Waals surface area contributed by atoms with Crippen molar-refractivity contribution < 1.29 is 23.9 Å². The van der Waals surface area contributed by atoms with E-state index in [-0.39, 0.29) is 25.6 Å². The molecule has 5 heteroatoms. The molecule has 0 heterocycles. The number of rotatable bonds is 6. The summed E-state index contributed by atoms with van der Waals surface area (Å²) in [5.41, 5.74) is -2.42. The molecule has 0 N–H and O–H groups in total. The van der Waals surface area contributed by atoms with Crippen LogP contribution in [-0.2, 0) is 23.9 Å². The second-order valence-electron chi connectivity index (χ2n) is 4.84. The van der Waals surface area contributed by atoms with E-state index < -0.39 is 22.8 Å². The number of carbonyl (C=O) groups excluding carboxylic acids is 3. The predicted molar refractivity (Wildman–Crippen MR) is 63.7 cm³/mol. The van der Waals surface area contributed by atoms with E-state index in [1.807, 2.05) is 13.8 Å². The molecule has 102 valence electrons. The maximum absolute atomic E-state index is 12.0. The largest absolute Gasteiger partial charge is 0.465 e. The molecule has 1 rings (SSSR count). The van der Waals surface area contributed by atoms with E-state index in [0.717, 1.165) is 0 Å². The second-order valence-corrected chi connectivity index (χ2v) is 4.84. The minimum Gasteiger partial charge on any atom is -0.465 e. The molecule has 0 saturated heterocycles. The van der Waals surface area contributed by atoms with Gasteiger partial charge in [-0.05, 0) is 26.2 Å². The smallest absolute Gasteiger partial charge is 0.324 e. The van der Waals surface area contributed by atoms with E-state index in [2.05, 4.69) is 0 Å². The lowest BCUT2D eigenvalue weighted by atomic mass is 9.84. The lowest BCUT2D eigenvalue weighted by Gasteiger charge is -2.21. The summed E-state index contributed by atoms with van der Waals surface area (Å²) in [6, 6.07) is 0. The summed E-state index contributed by atoms with van der Waals surface area (Å²) in [4.78, 5) is 35.4. The Bertz CT molecular complexity index is 342. The van der Waals surface area contributed by atoms with E-state index in [0.29, 0.717) is 6.29 Å². The van der Waals surface area contributed by atoms with Crippen LogP contribution in [-0.4, -0.2) is 31.4 Å². The highest BCUT2D eigenvalue weighted by molar-refractivity contribution is 6.09. The van der Waals surface area contributed by atoms with E-state index in [1.165, 1.54) is 0 Å². The van der Waals surface area contributed by atoms with Crippen LogP contribution in [0, 0.1) is 16.7 Å². The molecule has 0 aliphatic heterocycles. The van der Waals surface area contributed by atoms with E-state index in [9.17, 15) is 14.4 Å². The first-order valence-corrected chi connectivity index (χ1v) is 6.23. The van der Waals surface area contributed by atoms with Gasteiger partial charge in [-0.1, -0.05) is 13.8 Å². The van der Waals surface area contributed by atoms with Crippen molar-refractivity contribution in [2.75, 3.05) is 13.2 Å². The molecule has 1 saturated carbocycles. The molecule has 1 aliphatic rings. The summed E-state index contributed by atoms with van der Waals surface area (Å²) < 4.78 is 9.89. The Kier molecular flexibility index (Phi) is 4.14. The minimum atomic E-state index is -1.44. The normalized spacial score (nSPS) is 24.5. The third kappa shape index (κ3) is 1.82. The zero-order valence-electron chi connectivity index (χ0n) is 11.3. The zero-order valence-corrected chi connectivity index (χ0v) is 11.3. The van der Waals surface area contributed by atoms with Crippen LogP contribution in [0.2, 0.25) is 0 Å². The van der Waals surface area contributed by atoms with Gasteiger partial charge in [0.1, 0.15) is 6.29 Å². The van der Waals surface area contributed by atoms with Crippen molar-refractivity contribution in [2.45, 2.75) is 34.1 Å². The maximum Gasteiger partial charge on any atom is 0.324 e. The Labute approximate surface area is 107 Å². The molecule has 1 aliphatic carbocycles. The van der Waals surface area contributed by atoms with E-state index in [1.54, 1.807) is 13.8 Å². The van der Waals surface area contributed by atoms with Crippen LogP contribution in [0.1, 0.15) is 34.1 Å². The topological polar surface area (TPSA) is 69.7 Å². The SMILES string of the molecule is CCOC(=O)C1(C(=O)OCC)C[C@]1(C=O)C(C)C. The van der Waals surface area contributed by atoms with E-state index in [4.69, 9.17) is 9.47 Å².